The Morgan fingerprint density at radius 1 is 1.29 bits per heavy atom. The summed E-state index contributed by atoms with van der Waals surface area (Å²) in [7, 11) is 0. The summed E-state index contributed by atoms with van der Waals surface area (Å²) in [4.78, 5) is 21.7. The first kappa shape index (κ1) is 15.3. The summed E-state index contributed by atoms with van der Waals surface area (Å²) in [6, 6.07) is 4.52. The van der Waals surface area contributed by atoms with Crippen LogP contribution in [0.15, 0.2) is 18.2 Å². The van der Waals surface area contributed by atoms with Gasteiger partial charge in [0.15, 0.2) is 0 Å². The summed E-state index contributed by atoms with van der Waals surface area (Å²) in [6.45, 7) is 4.35. The molecule has 0 saturated heterocycles. The molecule has 1 saturated carbocycles. The van der Waals surface area contributed by atoms with Gasteiger partial charge < -0.3 is 10.4 Å². The molecule has 0 heterocycles. The normalized spacial score (nSPS) is 25.3. The number of nitrogens with zero attached hydrogens (tertiary/aromatic N) is 1. The zero-order valence-corrected chi connectivity index (χ0v) is 12.2. The van der Waals surface area contributed by atoms with Crippen molar-refractivity contribution in [2.24, 2.45) is 11.8 Å². The standard InChI is InChI=1S/C15H20N2O4/c1-9-6-10(2)8-11(7-9)16-13-5-3-4-12(15(18)19)14(13)17(20)21/h3-5,9-11,16H,6-8H2,1-2H3,(H,18,19). The number of carboxylic acids is 1. The molecule has 0 radical (unpaired) electrons. The molecule has 2 unspecified atom stereocenters. The maximum atomic E-state index is 11.2. The Labute approximate surface area is 123 Å². The van der Waals surface area contributed by atoms with Gasteiger partial charge in [0.1, 0.15) is 11.3 Å². The first-order chi connectivity index (χ1) is 9.88. The van der Waals surface area contributed by atoms with Crippen LogP contribution < -0.4 is 5.32 Å². The molecule has 1 aliphatic carbocycles. The molecule has 1 aliphatic rings. The molecule has 114 valence electrons. The van der Waals surface area contributed by atoms with Crippen molar-refractivity contribution in [3.63, 3.8) is 0 Å². The van der Waals surface area contributed by atoms with Gasteiger partial charge in [-0.3, -0.25) is 10.1 Å². The fourth-order valence-corrected chi connectivity index (χ4v) is 3.31. The number of rotatable bonds is 4. The molecule has 2 atom stereocenters. The largest absolute Gasteiger partial charge is 0.477 e. The van der Waals surface area contributed by atoms with Crippen molar-refractivity contribution in [3.05, 3.63) is 33.9 Å². The quantitative estimate of drug-likeness (QED) is 0.654. The lowest BCUT2D eigenvalue weighted by molar-refractivity contribution is -0.384. The number of nitro benzene ring substituents is 1. The van der Waals surface area contributed by atoms with Crippen LogP contribution in [0, 0.1) is 22.0 Å². The Bertz CT molecular complexity index is 549. The number of para-hydroxylation sites is 1. The van der Waals surface area contributed by atoms with Crippen LogP contribution in [0.4, 0.5) is 11.4 Å². The number of carboxylic acid groups (broad SMARTS) is 1. The first-order valence-corrected chi connectivity index (χ1v) is 7.15. The van der Waals surface area contributed by atoms with Gasteiger partial charge in [-0.2, -0.15) is 0 Å². The van der Waals surface area contributed by atoms with Gasteiger partial charge in [-0.05, 0) is 43.2 Å². The third-order valence-electron chi connectivity index (χ3n) is 3.99. The summed E-state index contributed by atoms with van der Waals surface area (Å²) in [6.07, 6.45) is 3.05. The number of nitro groups is 1. The number of benzene rings is 1. The highest BCUT2D eigenvalue weighted by molar-refractivity contribution is 5.95. The predicted octanol–water partition coefficient (Wildman–Crippen LogP) is 3.53. The van der Waals surface area contributed by atoms with E-state index in [4.69, 9.17) is 5.11 Å². The maximum absolute atomic E-state index is 11.2. The van der Waals surface area contributed by atoms with Crippen molar-refractivity contribution in [1.29, 1.82) is 0 Å². The fourth-order valence-electron chi connectivity index (χ4n) is 3.31. The van der Waals surface area contributed by atoms with Crippen molar-refractivity contribution in [3.8, 4) is 0 Å². The number of carbonyl (C=O) groups is 1. The average molecular weight is 292 g/mol. The van der Waals surface area contributed by atoms with Crippen molar-refractivity contribution >= 4 is 17.3 Å². The van der Waals surface area contributed by atoms with E-state index in [2.05, 4.69) is 19.2 Å². The first-order valence-electron chi connectivity index (χ1n) is 7.15. The molecular weight excluding hydrogens is 272 g/mol. The van der Waals surface area contributed by atoms with Gasteiger partial charge in [0.05, 0.1) is 4.92 Å². The molecule has 0 aliphatic heterocycles. The second kappa shape index (κ2) is 6.11. The molecule has 6 nitrogen and oxygen atoms in total. The van der Waals surface area contributed by atoms with E-state index in [9.17, 15) is 14.9 Å². The summed E-state index contributed by atoms with van der Waals surface area (Å²) < 4.78 is 0. The molecule has 2 N–H and O–H groups in total. The molecule has 0 amide bonds. The number of aromatic carboxylic acids is 1. The van der Waals surface area contributed by atoms with Crippen LogP contribution in [-0.4, -0.2) is 22.0 Å². The van der Waals surface area contributed by atoms with E-state index >= 15 is 0 Å². The highest BCUT2D eigenvalue weighted by Crippen LogP contribution is 2.34. The Kier molecular flexibility index (Phi) is 4.45. The predicted molar refractivity (Wildman–Crippen MR) is 79.6 cm³/mol. The van der Waals surface area contributed by atoms with Crippen LogP contribution in [0.25, 0.3) is 0 Å². The zero-order valence-electron chi connectivity index (χ0n) is 12.2. The fraction of sp³-hybridized carbons (Fsp3) is 0.533. The molecule has 2 rings (SSSR count). The van der Waals surface area contributed by atoms with Crippen molar-refractivity contribution in [1.82, 2.24) is 0 Å². The average Bonchev–Trinajstić information content (AvgIpc) is 2.36. The molecule has 21 heavy (non-hydrogen) atoms. The molecule has 1 aromatic carbocycles. The molecule has 0 spiro atoms. The second-order valence-electron chi connectivity index (χ2n) is 6.02. The summed E-state index contributed by atoms with van der Waals surface area (Å²) in [5.74, 6) is -0.156. The minimum Gasteiger partial charge on any atom is -0.477 e. The van der Waals surface area contributed by atoms with Crippen LogP contribution >= 0.6 is 0 Å². The van der Waals surface area contributed by atoms with Gasteiger partial charge in [0.25, 0.3) is 0 Å². The van der Waals surface area contributed by atoms with Crippen LogP contribution in [0.3, 0.4) is 0 Å². The Balaban J connectivity index is 2.29. The van der Waals surface area contributed by atoms with Crippen LogP contribution in [-0.2, 0) is 0 Å². The smallest absolute Gasteiger partial charge is 0.342 e. The highest BCUT2D eigenvalue weighted by Gasteiger charge is 2.28. The molecule has 0 aromatic heterocycles. The lowest BCUT2D eigenvalue weighted by Gasteiger charge is -2.32. The summed E-state index contributed by atoms with van der Waals surface area (Å²) in [5, 5.41) is 23.5. The van der Waals surface area contributed by atoms with Gasteiger partial charge in [-0.25, -0.2) is 4.79 Å². The number of hydrogen-bond acceptors (Lipinski definition) is 4. The topological polar surface area (TPSA) is 92.5 Å². The minimum atomic E-state index is -1.28. The van der Waals surface area contributed by atoms with Gasteiger partial charge in [0, 0.05) is 6.04 Å². The van der Waals surface area contributed by atoms with E-state index in [-0.39, 0.29) is 17.3 Å². The van der Waals surface area contributed by atoms with Crippen molar-refractivity contribution in [2.45, 2.75) is 39.2 Å². The van der Waals surface area contributed by atoms with Gasteiger partial charge in [-0.15, -0.1) is 0 Å². The van der Waals surface area contributed by atoms with E-state index in [0.717, 1.165) is 19.3 Å². The number of anilines is 1. The molecule has 1 aromatic rings. The van der Waals surface area contributed by atoms with E-state index in [1.54, 1.807) is 6.07 Å². The number of nitrogens with one attached hydrogen (secondary N) is 1. The lowest BCUT2D eigenvalue weighted by Crippen LogP contribution is -2.30. The van der Waals surface area contributed by atoms with E-state index in [1.807, 2.05) is 0 Å². The van der Waals surface area contributed by atoms with Crippen LogP contribution in [0.5, 0.6) is 0 Å². The van der Waals surface area contributed by atoms with Gasteiger partial charge >= 0.3 is 11.7 Å². The van der Waals surface area contributed by atoms with Crippen LogP contribution in [0.1, 0.15) is 43.5 Å². The Hall–Kier alpha value is -2.11. The molecule has 0 bridgehead atoms. The lowest BCUT2D eigenvalue weighted by atomic mass is 9.80. The maximum Gasteiger partial charge on any atom is 0.342 e. The monoisotopic (exact) mass is 292 g/mol. The summed E-state index contributed by atoms with van der Waals surface area (Å²) in [5.41, 5.74) is -0.330. The van der Waals surface area contributed by atoms with E-state index in [0.29, 0.717) is 17.5 Å². The van der Waals surface area contributed by atoms with E-state index < -0.39 is 10.9 Å². The second-order valence-corrected chi connectivity index (χ2v) is 6.02. The van der Waals surface area contributed by atoms with E-state index in [1.165, 1.54) is 12.1 Å². The highest BCUT2D eigenvalue weighted by atomic mass is 16.6. The van der Waals surface area contributed by atoms with Crippen LogP contribution in [0.2, 0.25) is 0 Å². The molecule has 6 heteroatoms. The summed E-state index contributed by atoms with van der Waals surface area (Å²) >= 11 is 0. The third kappa shape index (κ3) is 3.51. The Morgan fingerprint density at radius 3 is 2.43 bits per heavy atom. The number of hydrogen-bond donors (Lipinski definition) is 2. The molecule has 1 fully saturated rings. The SMILES string of the molecule is CC1CC(C)CC(Nc2cccc(C(=O)O)c2[N+](=O)[O-])C1. The van der Waals surface area contributed by atoms with Crippen molar-refractivity contribution < 1.29 is 14.8 Å². The third-order valence-corrected chi connectivity index (χ3v) is 3.99. The Morgan fingerprint density at radius 2 is 1.90 bits per heavy atom. The van der Waals surface area contributed by atoms with Crippen molar-refractivity contribution in [2.75, 3.05) is 5.32 Å². The van der Waals surface area contributed by atoms with Gasteiger partial charge in [0.2, 0.25) is 0 Å². The molecular formula is C15H20N2O4. The zero-order chi connectivity index (χ0) is 15.6. The minimum absolute atomic E-state index is 0.145. The van der Waals surface area contributed by atoms with Gasteiger partial charge in [-0.1, -0.05) is 19.9 Å².